The second-order valence-electron chi connectivity index (χ2n) is 5.53. The summed E-state index contributed by atoms with van der Waals surface area (Å²) in [4.78, 5) is 24.1. The molecule has 0 bridgehead atoms. The van der Waals surface area contributed by atoms with Crippen molar-refractivity contribution in [3.05, 3.63) is 66.0 Å². The van der Waals surface area contributed by atoms with Gasteiger partial charge >= 0.3 is 5.97 Å². The monoisotopic (exact) mass is 335 g/mol. The fraction of sp³-hybridized carbons (Fsp3) is 0.118. The van der Waals surface area contributed by atoms with E-state index in [4.69, 9.17) is 4.74 Å². The third kappa shape index (κ3) is 2.97. The van der Waals surface area contributed by atoms with E-state index >= 15 is 0 Å². The molecule has 8 nitrogen and oxygen atoms in total. The third-order valence-electron chi connectivity index (χ3n) is 3.91. The molecule has 2 aromatic carbocycles. The Kier molecular flexibility index (Phi) is 3.70. The van der Waals surface area contributed by atoms with Crippen LogP contribution in [0.2, 0.25) is 0 Å². The van der Waals surface area contributed by atoms with Gasteiger partial charge in [0.05, 0.1) is 17.7 Å². The molecule has 0 radical (unpaired) electrons. The van der Waals surface area contributed by atoms with E-state index in [-0.39, 0.29) is 18.3 Å². The Bertz CT molecular complexity index is 922. The van der Waals surface area contributed by atoms with Gasteiger partial charge in [-0.15, -0.1) is 5.10 Å². The Hall–Kier alpha value is -3.55. The van der Waals surface area contributed by atoms with Crippen molar-refractivity contribution in [2.75, 3.05) is 5.32 Å². The average Bonchev–Trinajstić information content (AvgIpc) is 3.25. The quantitative estimate of drug-likeness (QED) is 0.731. The van der Waals surface area contributed by atoms with Crippen LogP contribution in [-0.2, 0) is 9.53 Å². The van der Waals surface area contributed by atoms with Crippen LogP contribution < -0.4 is 5.32 Å². The molecule has 1 aromatic heterocycles. The first kappa shape index (κ1) is 15.0. The van der Waals surface area contributed by atoms with Crippen molar-refractivity contribution in [3.63, 3.8) is 0 Å². The Balaban J connectivity index is 1.42. The van der Waals surface area contributed by atoms with Crippen molar-refractivity contribution in [1.29, 1.82) is 0 Å². The van der Waals surface area contributed by atoms with E-state index in [1.165, 1.54) is 11.0 Å². The molecule has 8 heteroatoms. The summed E-state index contributed by atoms with van der Waals surface area (Å²) in [5.74, 6) is -0.621. The molecule has 0 fully saturated rings. The number of hydrogen-bond acceptors (Lipinski definition) is 6. The normalized spacial score (nSPS) is 15.5. The highest BCUT2D eigenvalue weighted by molar-refractivity contribution is 5.96. The summed E-state index contributed by atoms with van der Waals surface area (Å²) in [5, 5.41) is 13.7. The molecular formula is C17H13N5O3. The van der Waals surface area contributed by atoms with Crippen LogP contribution in [-0.4, -0.2) is 32.1 Å². The van der Waals surface area contributed by atoms with E-state index in [0.717, 1.165) is 11.3 Å². The Morgan fingerprint density at radius 2 is 1.96 bits per heavy atom. The topological polar surface area (TPSA) is 99.0 Å². The summed E-state index contributed by atoms with van der Waals surface area (Å²) in [7, 11) is 0. The number of anilines is 1. The van der Waals surface area contributed by atoms with Crippen molar-refractivity contribution < 1.29 is 14.3 Å². The summed E-state index contributed by atoms with van der Waals surface area (Å²) in [6, 6.07) is 14.2. The molecule has 1 aliphatic heterocycles. The van der Waals surface area contributed by atoms with E-state index in [0.29, 0.717) is 11.3 Å². The number of hydrogen-bond donors (Lipinski definition) is 1. The van der Waals surface area contributed by atoms with Gasteiger partial charge in [-0.3, -0.25) is 4.79 Å². The van der Waals surface area contributed by atoms with Gasteiger partial charge in [0.25, 0.3) is 0 Å². The molecule has 124 valence electrons. The predicted octanol–water partition coefficient (Wildman–Crippen LogP) is 1.90. The molecule has 0 aliphatic carbocycles. The standard InChI is InChI=1S/C17H13N5O3/c23-16(9-15-13-3-1-2-4-14(13)17(24)25-15)19-11-5-7-12(8-6-11)22-10-18-20-21-22/h1-8,10,15H,9H2,(H,19,23)/t15-/m1/s1. The van der Waals surface area contributed by atoms with Crippen molar-refractivity contribution in [1.82, 2.24) is 20.2 Å². The maximum Gasteiger partial charge on any atom is 0.339 e. The molecule has 0 saturated heterocycles. The lowest BCUT2D eigenvalue weighted by Gasteiger charge is -2.11. The Morgan fingerprint density at radius 3 is 2.72 bits per heavy atom. The number of carbonyl (C=O) groups is 2. The Morgan fingerprint density at radius 1 is 1.16 bits per heavy atom. The van der Waals surface area contributed by atoms with E-state index < -0.39 is 6.10 Å². The van der Waals surface area contributed by atoms with Crippen LogP contribution in [0.5, 0.6) is 0 Å². The van der Waals surface area contributed by atoms with Crippen LogP contribution in [0.15, 0.2) is 54.9 Å². The molecular weight excluding hydrogens is 322 g/mol. The van der Waals surface area contributed by atoms with Gasteiger partial charge in [-0.2, -0.15) is 0 Å². The highest BCUT2D eigenvalue weighted by Gasteiger charge is 2.31. The molecule has 0 saturated carbocycles. The van der Waals surface area contributed by atoms with E-state index in [1.807, 2.05) is 6.07 Å². The SMILES string of the molecule is O=C(C[C@H]1OC(=O)c2ccccc21)Nc1ccc(-n2cnnn2)cc1. The number of aromatic nitrogens is 4. The van der Waals surface area contributed by atoms with Gasteiger partial charge in [0, 0.05) is 11.3 Å². The molecule has 1 aliphatic rings. The zero-order valence-corrected chi connectivity index (χ0v) is 13.0. The van der Waals surface area contributed by atoms with E-state index in [2.05, 4.69) is 20.8 Å². The largest absolute Gasteiger partial charge is 0.453 e. The fourth-order valence-electron chi connectivity index (χ4n) is 2.73. The number of esters is 1. The zero-order valence-electron chi connectivity index (χ0n) is 13.0. The number of amides is 1. The minimum atomic E-state index is -0.552. The molecule has 3 aromatic rings. The number of carbonyl (C=O) groups excluding carboxylic acids is 2. The predicted molar refractivity (Wildman–Crippen MR) is 87.0 cm³/mol. The van der Waals surface area contributed by atoms with Gasteiger partial charge in [0.1, 0.15) is 12.4 Å². The molecule has 0 unspecified atom stereocenters. The maximum absolute atomic E-state index is 12.3. The second-order valence-corrected chi connectivity index (χ2v) is 5.53. The number of benzene rings is 2. The van der Waals surface area contributed by atoms with E-state index in [1.54, 1.807) is 42.5 Å². The molecule has 25 heavy (non-hydrogen) atoms. The van der Waals surface area contributed by atoms with Crippen LogP contribution >= 0.6 is 0 Å². The summed E-state index contributed by atoms with van der Waals surface area (Å²) in [6.45, 7) is 0. The number of ether oxygens (including phenoxy) is 1. The smallest absolute Gasteiger partial charge is 0.339 e. The van der Waals surface area contributed by atoms with Crippen LogP contribution in [0, 0.1) is 0 Å². The van der Waals surface area contributed by atoms with Gasteiger partial charge < -0.3 is 10.1 Å². The van der Waals surface area contributed by atoms with Crippen LogP contribution in [0.25, 0.3) is 5.69 Å². The molecule has 1 atom stereocenters. The highest BCUT2D eigenvalue weighted by Crippen LogP contribution is 2.32. The van der Waals surface area contributed by atoms with E-state index in [9.17, 15) is 9.59 Å². The first-order valence-corrected chi connectivity index (χ1v) is 7.64. The van der Waals surface area contributed by atoms with Crippen molar-refractivity contribution in [2.24, 2.45) is 0 Å². The summed E-state index contributed by atoms with van der Waals surface area (Å²) in [5.41, 5.74) is 2.68. The molecule has 4 rings (SSSR count). The van der Waals surface area contributed by atoms with Crippen molar-refractivity contribution in [3.8, 4) is 5.69 Å². The average molecular weight is 335 g/mol. The molecule has 2 heterocycles. The lowest BCUT2D eigenvalue weighted by molar-refractivity contribution is -0.118. The summed E-state index contributed by atoms with van der Waals surface area (Å²) < 4.78 is 6.80. The minimum absolute atomic E-state index is 0.0670. The van der Waals surface area contributed by atoms with Crippen LogP contribution in [0.4, 0.5) is 5.69 Å². The maximum atomic E-state index is 12.3. The minimum Gasteiger partial charge on any atom is -0.453 e. The third-order valence-corrected chi connectivity index (χ3v) is 3.91. The van der Waals surface area contributed by atoms with Gasteiger partial charge in [-0.05, 0) is 40.8 Å². The van der Waals surface area contributed by atoms with Crippen molar-refractivity contribution >= 4 is 17.6 Å². The summed E-state index contributed by atoms with van der Waals surface area (Å²) in [6.07, 6.45) is 1.00. The van der Waals surface area contributed by atoms with Gasteiger partial charge in [0.15, 0.2) is 0 Å². The number of nitrogens with zero attached hydrogens (tertiary/aromatic N) is 4. The lowest BCUT2D eigenvalue weighted by Crippen LogP contribution is -2.15. The van der Waals surface area contributed by atoms with Crippen LogP contribution in [0.3, 0.4) is 0 Å². The number of nitrogens with one attached hydrogen (secondary N) is 1. The zero-order chi connectivity index (χ0) is 17.2. The first-order valence-electron chi connectivity index (χ1n) is 7.64. The lowest BCUT2D eigenvalue weighted by atomic mass is 10.0. The second kappa shape index (κ2) is 6.16. The van der Waals surface area contributed by atoms with Crippen LogP contribution in [0.1, 0.15) is 28.4 Å². The van der Waals surface area contributed by atoms with Gasteiger partial charge in [0.2, 0.25) is 5.91 Å². The molecule has 1 amide bonds. The first-order chi connectivity index (χ1) is 12.2. The number of tetrazole rings is 1. The number of fused-ring (bicyclic) bond motifs is 1. The molecule has 1 N–H and O–H groups in total. The van der Waals surface area contributed by atoms with Gasteiger partial charge in [-0.1, -0.05) is 18.2 Å². The van der Waals surface area contributed by atoms with Gasteiger partial charge in [-0.25, -0.2) is 9.48 Å². The number of cyclic esters (lactones) is 1. The fourth-order valence-corrected chi connectivity index (χ4v) is 2.73. The number of rotatable bonds is 4. The summed E-state index contributed by atoms with van der Waals surface area (Å²) >= 11 is 0. The highest BCUT2D eigenvalue weighted by atomic mass is 16.5. The van der Waals surface area contributed by atoms with Crippen molar-refractivity contribution in [2.45, 2.75) is 12.5 Å². The molecule has 0 spiro atoms. The Labute approximate surface area is 142 Å².